The van der Waals surface area contributed by atoms with Crippen LogP contribution in [0.3, 0.4) is 0 Å². The molecule has 0 N–H and O–H groups in total. The predicted octanol–water partition coefficient (Wildman–Crippen LogP) is 4.60. The van der Waals surface area contributed by atoms with Crippen molar-refractivity contribution in [1.82, 2.24) is 15.0 Å². The fourth-order valence-electron chi connectivity index (χ4n) is 3.93. The Morgan fingerprint density at radius 1 is 1.21 bits per heavy atom. The normalized spacial score (nSPS) is 17.0. The summed E-state index contributed by atoms with van der Waals surface area (Å²) in [6.45, 7) is 7.80. The van der Waals surface area contributed by atoms with Crippen LogP contribution in [0.1, 0.15) is 53.2 Å². The summed E-state index contributed by atoms with van der Waals surface area (Å²) in [5, 5.41) is 4.01. The SMILES string of the molecule is Cc1ccc(C(=O)C2CCN([C@H](C)c3nc(-c4ccco4)no3)CC2)c(C)c1. The Hall–Kier alpha value is -2.73. The summed E-state index contributed by atoms with van der Waals surface area (Å²) in [4.78, 5) is 19.7. The maximum atomic E-state index is 12.9. The van der Waals surface area contributed by atoms with E-state index in [2.05, 4.69) is 35.0 Å². The smallest absolute Gasteiger partial charge is 0.244 e. The van der Waals surface area contributed by atoms with Crippen molar-refractivity contribution in [3.63, 3.8) is 0 Å². The number of rotatable bonds is 5. The molecule has 0 spiro atoms. The third-order valence-electron chi connectivity index (χ3n) is 5.64. The lowest BCUT2D eigenvalue weighted by Crippen LogP contribution is -2.38. The van der Waals surface area contributed by atoms with Crippen LogP contribution >= 0.6 is 0 Å². The summed E-state index contributed by atoms with van der Waals surface area (Å²) in [5.41, 5.74) is 3.11. The molecule has 3 aromatic rings. The van der Waals surface area contributed by atoms with Crippen LogP contribution in [0.15, 0.2) is 45.5 Å². The van der Waals surface area contributed by atoms with Gasteiger partial charge in [0.05, 0.1) is 12.3 Å². The van der Waals surface area contributed by atoms with Gasteiger partial charge in [0.25, 0.3) is 0 Å². The fraction of sp³-hybridized carbons (Fsp3) is 0.409. The Morgan fingerprint density at radius 2 is 2.00 bits per heavy atom. The van der Waals surface area contributed by atoms with Crippen molar-refractivity contribution in [2.24, 2.45) is 5.92 Å². The molecule has 1 fully saturated rings. The maximum absolute atomic E-state index is 12.9. The largest absolute Gasteiger partial charge is 0.461 e. The Bertz CT molecular complexity index is 953. The molecule has 0 radical (unpaired) electrons. The zero-order chi connectivity index (χ0) is 19.7. The minimum absolute atomic E-state index is 0.00775. The van der Waals surface area contributed by atoms with Gasteiger partial charge in [-0.25, -0.2) is 0 Å². The average molecular weight is 379 g/mol. The summed E-state index contributed by atoms with van der Waals surface area (Å²) in [7, 11) is 0. The van der Waals surface area contributed by atoms with Crippen molar-refractivity contribution in [1.29, 1.82) is 0 Å². The van der Waals surface area contributed by atoms with Crippen molar-refractivity contribution in [3.05, 3.63) is 59.2 Å². The van der Waals surface area contributed by atoms with Gasteiger partial charge in [-0.2, -0.15) is 4.98 Å². The van der Waals surface area contributed by atoms with Crippen molar-refractivity contribution in [3.8, 4) is 11.6 Å². The lowest BCUT2D eigenvalue weighted by atomic mass is 9.86. The van der Waals surface area contributed by atoms with Crippen molar-refractivity contribution < 1.29 is 13.7 Å². The Balaban J connectivity index is 1.39. The number of aryl methyl sites for hydroxylation is 2. The molecule has 6 heteroatoms. The van der Waals surface area contributed by atoms with Gasteiger partial charge in [0.15, 0.2) is 11.5 Å². The number of aromatic nitrogens is 2. The van der Waals surface area contributed by atoms with Gasteiger partial charge >= 0.3 is 0 Å². The summed E-state index contributed by atoms with van der Waals surface area (Å²) in [5.74, 6) is 1.98. The predicted molar refractivity (Wildman–Crippen MR) is 105 cm³/mol. The van der Waals surface area contributed by atoms with E-state index in [1.165, 1.54) is 5.56 Å². The zero-order valence-electron chi connectivity index (χ0n) is 16.5. The molecule has 1 aromatic carbocycles. The van der Waals surface area contributed by atoms with E-state index in [4.69, 9.17) is 8.94 Å². The van der Waals surface area contributed by atoms with Crippen molar-refractivity contribution in [2.75, 3.05) is 13.1 Å². The lowest BCUT2D eigenvalue weighted by molar-refractivity contribution is 0.0774. The molecule has 0 bridgehead atoms. The van der Waals surface area contributed by atoms with Gasteiger partial charge in [-0.15, -0.1) is 0 Å². The highest BCUT2D eigenvalue weighted by molar-refractivity contribution is 5.99. The molecule has 2 aromatic heterocycles. The molecule has 0 unspecified atom stereocenters. The maximum Gasteiger partial charge on any atom is 0.244 e. The van der Waals surface area contributed by atoms with Crippen LogP contribution in [-0.4, -0.2) is 33.9 Å². The quantitative estimate of drug-likeness (QED) is 0.603. The summed E-state index contributed by atoms with van der Waals surface area (Å²) >= 11 is 0. The van der Waals surface area contributed by atoms with Crippen molar-refractivity contribution in [2.45, 2.75) is 39.7 Å². The van der Waals surface area contributed by atoms with E-state index in [9.17, 15) is 4.79 Å². The number of carbonyl (C=O) groups is 1. The van der Waals surface area contributed by atoms with Crippen molar-refractivity contribution >= 4 is 5.78 Å². The number of carbonyl (C=O) groups excluding carboxylic acids is 1. The third-order valence-corrected chi connectivity index (χ3v) is 5.64. The number of ketones is 1. The number of benzene rings is 1. The van der Waals surface area contributed by atoms with Crippen LogP contribution in [0.2, 0.25) is 0 Å². The first-order chi connectivity index (χ1) is 13.5. The van der Waals surface area contributed by atoms with Crippen LogP contribution in [0.25, 0.3) is 11.6 Å². The van der Waals surface area contributed by atoms with Gasteiger partial charge in [0.1, 0.15) is 0 Å². The average Bonchev–Trinajstić information content (AvgIpc) is 3.39. The molecular weight excluding hydrogens is 354 g/mol. The van der Waals surface area contributed by atoms with Gasteiger partial charge in [-0.3, -0.25) is 9.69 Å². The second kappa shape index (κ2) is 7.72. The molecule has 3 heterocycles. The van der Waals surface area contributed by atoms with Crippen LogP contribution in [0.5, 0.6) is 0 Å². The lowest BCUT2D eigenvalue weighted by Gasteiger charge is -2.34. The molecule has 0 saturated carbocycles. The molecule has 1 atom stereocenters. The minimum atomic E-state index is 0.00775. The van der Waals surface area contributed by atoms with E-state index in [1.54, 1.807) is 12.3 Å². The van der Waals surface area contributed by atoms with E-state index in [1.807, 2.05) is 25.1 Å². The third kappa shape index (κ3) is 3.64. The highest BCUT2D eigenvalue weighted by Gasteiger charge is 2.31. The number of hydrogen-bond acceptors (Lipinski definition) is 6. The summed E-state index contributed by atoms with van der Waals surface area (Å²) in [6, 6.07) is 9.68. The summed E-state index contributed by atoms with van der Waals surface area (Å²) < 4.78 is 10.8. The fourth-order valence-corrected chi connectivity index (χ4v) is 3.93. The van der Waals surface area contributed by atoms with Crippen LogP contribution in [0, 0.1) is 19.8 Å². The van der Waals surface area contributed by atoms with E-state index in [0.29, 0.717) is 17.5 Å². The van der Waals surface area contributed by atoms with E-state index >= 15 is 0 Å². The first kappa shape index (κ1) is 18.6. The standard InChI is InChI=1S/C22H25N3O3/c1-14-6-7-18(15(2)13-14)20(26)17-8-10-25(11-9-17)16(3)22-23-21(24-28-22)19-5-4-12-27-19/h4-7,12-13,16-17H,8-11H2,1-3H3/t16-/m1/s1. The number of likely N-dealkylation sites (tertiary alicyclic amines) is 1. The first-order valence-electron chi connectivity index (χ1n) is 9.76. The molecule has 0 aliphatic carbocycles. The number of furan rings is 1. The van der Waals surface area contributed by atoms with Crippen LogP contribution in [0.4, 0.5) is 0 Å². The molecule has 1 aliphatic heterocycles. The molecule has 4 rings (SSSR count). The second-order valence-electron chi connectivity index (χ2n) is 7.60. The van der Waals surface area contributed by atoms with Gasteiger partial charge in [0, 0.05) is 11.5 Å². The minimum Gasteiger partial charge on any atom is -0.461 e. The van der Waals surface area contributed by atoms with E-state index in [0.717, 1.165) is 37.1 Å². The first-order valence-corrected chi connectivity index (χ1v) is 9.76. The summed E-state index contributed by atoms with van der Waals surface area (Å²) in [6.07, 6.45) is 3.28. The number of Topliss-reactive ketones (excluding diaryl/α,β-unsaturated/α-hetero) is 1. The molecule has 146 valence electrons. The number of nitrogens with zero attached hydrogens (tertiary/aromatic N) is 3. The topological polar surface area (TPSA) is 72.4 Å². The van der Waals surface area contributed by atoms with Gasteiger partial charge < -0.3 is 8.94 Å². The van der Waals surface area contributed by atoms with Gasteiger partial charge in [-0.1, -0.05) is 28.9 Å². The number of piperidine rings is 1. The Kier molecular flexibility index (Phi) is 5.13. The van der Waals surface area contributed by atoms with Gasteiger partial charge in [0.2, 0.25) is 11.7 Å². The van der Waals surface area contributed by atoms with E-state index in [-0.39, 0.29) is 17.7 Å². The second-order valence-corrected chi connectivity index (χ2v) is 7.60. The molecule has 28 heavy (non-hydrogen) atoms. The van der Waals surface area contributed by atoms with Gasteiger partial charge in [-0.05, 0) is 64.4 Å². The Morgan fingerprint density at radius 3 is 2.68 bits per heavy atom. The molecule has 0 amide bonds. The highest BCUT2D eigenvalue weighted by atomic mass is 16.5. The zero-order valence-corrected chi connectivity index (χ0v) is 16.5. The molecule has 1 aliphatic rings. The molecular formula is C22H25N3O3. The van der Waals surface area contributed by atoms with Crippen LogP contribution in [-0.2, 0) is 0 Å². The highest BCUT2D eigenvalue weighted by Crippen LogP contribution is 2.29. The molecule has 6 nitrogen and oxygen atoms in total. The Labute approximate surface area is 164 Å². The monoisotopic (exact) mass is 379 g/mol. The van der Waals surface area contributed by atoms with E-state index < -0.39 is 0 Å². The van der Waals surface area contributed by atoms with Crippen LogP contribution < -0.4 is 0 Å². The number of hydrogen-bond donors (Lipinski definition) is 0. The molecule has 1 saturated heterocycles.